The molecular formula is C18H26N2O4S. The lowest BCUT2D eigenvalue weighted by molar-refractivity contribution is -0.128. The summed E-state index contributed by atoms with van der Waals surface area (Å²) in [6.45, 7) is 2.90. The minimum Gasteiger partial charge on any atom is -0.381 e. The van der Waals surface area contributed by atoms with Gasteiger partial charge in [0.15, 0.2) is 0 Å². The first-order valence-corrected chi connectivity index (χ1v) is 10.5. The fourth-order valence-corrected chi connectivity index (χ4v) is 4.84. The standard InChI is InChI=1S/C18H26N2O4S/c21-18(16-8-12-24-13-9-16)19-14-15-4-6-17(7-5-15)25(22,23)20-10-2-1-3-11-20/h4-7,16H,1-3,8-14H2,(H,19,21). The Morgan fingerprint density at radius 1 is 1.08 bits per heavy atom. The minimum absolute atomic E-state index is 0.0208. The van der Waals surface area contributed by atoms with Gasteiger partial charge in [-0.2, -0.15) is 4.31 Å². The topological polar surface area (TPSA) is 75.7 Å². The molecule has 138 valence electrons. The maximum absolute atomic E-state index is 12.6. The van der Waals surface area contributed by atoms with E-state index in [1.165, 1.54) is 0 Å². The zero-order valence-corrected chi connectivity index (χ0v) is 15.3. The summed E-state index contributed by atoms with van der Waals surface area (Å²) >= 11 is 0. The molecule has 1 N–H and O–H groups in total. The highest BCUT2D eigenvalue weighted by molar-refractivity contribution is 7.89. The van der Waals surface area contributed by atoms with Gasteiger partial charge in [0, 0.05) is 38.8 Å². The summed E-state index contributed by atoms with van der Waals surface area (Å²) in [7, 11) is -3.40. The third-order valence-electron chi connectivity index (χ3n) is 4.93. The highest BCUT2D eigenvalue weighted by atomic mass is 32.2. The zero-order chi connectivity index (χ0) is 17.7. The van der Waals surface area contributed by atoms with Gasteiger partial charge in [0.25, 0.3) is 0 Å². The quantitative estimate of drug-likeness (QED) is 0.864. The van der Waals surface area contributed by atoms with Crippen molar-refractivity contribution in [3.8, 4) is 0 Å². The van der Waals surface area contributed by atoms with Crippen molar-refractivity contribution in [3.63, 3.8) is 0 Å². The Morgan fingerprint density at radius 3 is 2.36 bits per heavy atom. The fourth-order valence-electron chi connectivity index (χ4n) is 3.33. The number of ether oxygens (including phenoxy) is 1. The van der Waals surface area contributed by atoms with E-state index in [2.05, 4.69) is 5.32 Å². The van der Waals surface area contributed by atoms with Crippen molar-refractivity contribution in [2.45, 2.75) is 43.5 Å². The molecule has 6 nitrogen and oxygen atoms in total. The normalized spacial score (nSPS) is 20.3. The van der Waals surface area contributed by atoms with Gasteiger partial charge in [-0.3, -0.25) is 4.79 Å². The Morgan fingerprint density at radius 2 is 1.72 bits per heavy atom. The summed E-state index contributed by atoms with van der Waals surface area (Å²) in [5.41, 5.74) is 0.901. The molecule has 1 amide bonds. The van der Waals surface area contributed by atoms with E-state index in [0.717, 1.165) is 37.7 Å². The molecule has 25 heavy (non-hydrogen) atoms. The number of rotatable bonds is 5. The minimum atomic E-state index is -3.40. The number of carbonyl (C=O) groups is 1. The first-order valence-electron chi connectivity index (χ1n) is 9.02. The van der Waals surface area contributed by atoms with Gasteiger partial charge in [0.05, 0.1) is 4.90 Å². The molecular weight excluding hydrogens is 340 g/mol. The summed E-state index contributed by atoms with van der Waals surface area (Å²) in [4.78, 5) is 12.5. The number of piperidine rings is 1. The highest BCUT2D eigenvalue weighted by Crippen LogP contribution is 2.21. The number of carbonyl (C=O) groups excluding carboxylic acids is 1. The van der Waals surface area contributed by atoms with E-state index < -0.39 is 10.0 Å². The van der Waals surface area contributed by atoms with E-state index in [-0.39, 0.29) is 11.8 Å². The summed E-state index contributed by atoms with van der Waals surface area (Å²) in [6, 6.07) is 6.84. The zero-order valence-electron chi connectivity index (χ0n) is 14.4. The van der Waals surface area contributed by atoms with Crippen LogP contribution in [0.4, 0.5) is 0 Å². The Hall–Kier alpha value is -1.44. The van der Waals surface area contributed by atoms with Crippen molar-refractivity contribution >= 4 is 15.9 Å². The summed E-state index contributed by atoms with van der Waals surface area (Å²) in [6.07, 6.45) is 4.47. The molecule has 2 heterocycles. The molecule has 3 rings (SSSR count). The Balaban J connectivity index is 1.57. The van der Waals surface area contributed by atoms with Gasteiger partial charge in [-0.05, 0) is 43.4 Å². The molecule has 2 aliphatic heterocycles. The molecule has 1 aromatic rings. The van der Waals surface area contributed by atoms with Crippen LogP contribution in [-0.4, -0.2) is 44.9 Å². The SMILES string of the molecule is O=C(NCc1ccc(S(=O)(=O)N2CCCCC2)cc1)C1CCOCC1. The van der Waals surface area contributed by atoms with E-state index in [1.807, 2.05) is 0 Å². The second kappa shape index (κ2) is 8.29. The van der Waals surface area contributed by atoms with Gasteiger partial charge in [0.2, 0.25) is 15.9 Å². The lowest BCUT2D eigenvalue weighted by Crippen LogP contribution is -2.35. The molecule has 0 unspecified atom stereocenters. The molecule has 0 radical (unpaired) electrons. The Labute approximate surface area is 149 Å². The fraction of sp³-hybridized carbons (Fsp3) is 0.611. The average Bonchev–Trinajstić information content (AvgIpc) is 2.68. The molecule has 0 aliphatic carbocycles. The van der Waals surface area contributed by atoms with Crippen LogP contribution in [0.15, 0.2) is 29.2 Å². The number of sulfonamides is 1. The number of amides is 1. The van der Waals surface area contributed by atoms with Crippen molar-refractivity contribution < 1.29 is 17.9 Å². The maximum Gasteiger partial charge on any atom is 0.243 e. The predicted octanol–water partition coefficient (Wildman–Crippen LogP) is 1.90. The first-order chi connectivity index (χ1) is 12.1. The van der Waals surface area contributed by atoms with Crippen LogP contribution in [0.25, 0.3) is 0 Å². The predicted molar refractivity (Wildman–Crippen MR) is 94.4 cm³/mol. The Kier molecular flexibility index (Phi) is 6.09. The van der Waals surface area contributed by atoms with Crippen molar-refractivity contribution in [2.24, 2.45) is 5.92 Å². The number of nitrogens with one attached hydrogen (secondary N) is 1. The van der Waals surface area contributed by atoms with E-state index in [4.69, 9.17) is 4.74 Å². The largest absolute Gasteiger partial charge is 0.381 e. The molecule has 0 bridgehead atoms. The van der Waals surface area contributed by atoms with E-state index >= 15 is 0 Å². The number of hydrogen-bond donors (Lipinski definition) is 1. The average molecular weight is 366 g/mol. The number of hydrogen-bond acceptors (Lipinski definition) is 4. The molecule has 0 saturated carbocycles. The number of benzene rings is 1. The number of nitrogens with zero attached hydrogens (tertiary/aromatic N) is 1. The van der Waals surface area contributed by atoms with E-state index in [9.17, 15) is 13.2 Å². The third kappa shape index (κ3) is 4.59. The lowest BCUT2D eigenvalue weighted by atomic mass is 9.99. The van der Waals surface area contributed by atoms with Crippen LogP contribution in [0.2, 0.25) is 0 Å². The molecule has 0 spiro atoms. The van der Waals surface area contributed by atoms with Gasteiger partial charge < -0.3 is 10.1 Å². The molecule has 7 heteroatoms. The third-order valence-corrected chi connectivity index (χ3v) is 6.85. The van der Waals surface area contributed by atoms with Crippen LogP contribution in [0, 0.1) is 5.92 Å². The Bertz CT molecular complexity index is 676. The summed E-state index contributed by atoms with van der Waals surface area (Å²) in [5.74, 6) is 0.0702. The van der Waals surface area contributed by atoms with Crippen LogP contribution in [0.5, 0.6) is 0 Å². The van der Waals surface area contributed by atoms with Crippen molar-refractivity contribution in [1.82, 2.24) is 9.62 Å². The second-order valence-corrected chi connectivity index (χ2v) is 8.65. The van der Waals surface area contributed by atoms with Gasteiger partial charge in [-0.15, -0.1) is 0 Å². The van der Waals surface area contributed by atoms with E-state index in [0.29, 0.717) is 37.7 Å². The molecule has 0 aromatic heterocycles. The molecule has 1 aromatic carbocycles. The molecule has 2 aliphatic rings. The highest BCUT2D eigenvalue weighted by Gasteiger charge is 2.26. The molecule has 2 saturated heterocycles. The molecule has 2 fully saturated rings. The van der Waals surface area contributed by atoms with Crippen LogP contribution in [0.3, 0.4) is 0 Å². The van der Waals surface area contributed by atoms with Gasteiger partial charge in [-0.25, -0.2) is 8.42 Å². The van der Waals surface area contributed by atoms with Crippen molar-refractivity contribution in [3.05, 3.63) is 29.8 Å². The van der Waals surface area contributed by atoms with Crippen LogP contribution in [0.1, 0.15) is 37.7 Å². The van der Waals surface area contributed by atoms with E-state index in [1.54, 1.807) is 28.6 Å². The van der Waals surface area contributed by atoms with Gasteiger partial charge in [0.1, 0.15) is 0 Å². The smallest absolute Gasteiger partial charge is 0.243 e. The molecule has 0 atom stereocenters. The summed E-state index contributed by atoms with van der Waals surface area (Å²) in [5, 5.41) is 2.94. The van der Waals surface area contributed by atoms with Gasteiger partial charge in [-0.1, -0.05) is 18.6 Å². The van der Waals surface area contributed by atoms with Crippen LogP contribution in [-0.2, 0) is 26.1 Å². The van der Waals surface area contributed by atoms with Crippen molar-refractivity contribution in [1.29, 1.82) is 0 Å². The van der Waals surface area contributed by atoms with Crippen LogP contribution >= 0.6 is 0 Å². The van der Waals surface area contributed by atoms with Crippen LogP contribution < -0.4 is 5.32 Å². The van der Waals surface area contributed by atoms with Gasteiger partial charge >= 0.3 is 0 Å². The second-order valence-electron chi connectivity index (χ2n) is 6.71. The monoisotopic (exact) mass is 366 g/mol. The first kappa shape index (κ1) is 18.4. The summed E-state index contributed by atoms with van der Waals surface area (Å²) < 4.78 is 32.1. The lowest BCUT2D eigenvalue weighted by Gasteiger charge is -2.26. The van der Waals surface area contributed by atoms with Crippen molar-refractivity contribution in [2.75, 3.05) is 26.3 Å². The maximum atomic E-state index is 12.6.